The van der Waals surface area contributed by atoms with E-state index in [9.17, 15) is 0 Å². The summed E-state index contributed by atoms with van der Waals surface area (Å²) in [5.41, 5.74) is 3.98. The lowest BCUT2D eigenvalue weighted by atomic mass is 10.2. The van der Waals surface area contributed by atoms with Crippen molar-refractivity contribution in [1.29, 1.82) is 0 Å². The number of hydrogen-bond donors (Lipinski definition) is 0. The van der Waals surface area contributed by atoms with Crippen LogP contribution in [-0.2, 0) is 6.54 Å². The van der Waals surface area contributed by atoms with E-state index in [0.29, 0.717) is 12.2 Å². The molecule has 3 aromatic heterocycles. The Morgan fingerprint density at radius 1 is 0.889 bits per heavy atom. The van der Waals surface area contributed by atoms with E-state index in [2.05, 4.69) is 0 Å². The van der Waals surface area contributed by atoms with Crippen LogP contribution in [0.3, 0.4) is 0 Å². The van der Waals surface area contributed by atoms with Crippen LogP contribution >= 0.6 is 0 Å². The van der Waals surface area contributed by atoms with Crippen LogP contribution in [-0.4, -0.2) is 26.6 Å². The van der Waals surface area contributed by atoms with Crippen molar-refractivity contribution < 1.29 is 9.15 Å². The van der Waals surface area contributed by atoms with Gasteiger partial charge in [-0.1, -0.05) is 12.1 Å². The van der Waals surface area contributed by atoms with Gasteiger partial charge in [-0.2, -0.15) is 0 Å². The van der Waals surface area contributed by atoms with Crippen LogP contribution in [0.4, 0.5) is 0 Å². The molecule has 3 heterocycles. The maximum atomic E-state index is 5.55. The molecule has 0 atom stereocenters. The molecular formula is C21H16N4O2. The highest BCUT2D eigenvalue weighted by molar-refractivity contribution is 5.84. The SMILES string of the molecule is COc1ccc(-c2nc3nc4ccccc4nc3n2Cc2ccco2)cc1. The molecule has 2 aromatic carbocycles. The zero-order valence-corrected chi connectivity index (χ0v) is 14.7. The summed E-state index contributed by atoms with van der Waals surface area (Å²) in [5, 5.41) is 0. The van der Waals surface area contributed by atoms with Gasteiger partial charge in [-0.15, -0.1) is 0 Å². The maximum Gasteiger partial charge on any atom is 0.198 e. The van der Waals surface area contributed by atoms with Crippen molar-refractivity contribution >= 4 is 22.3 Å². The van der Waals surface area contributed by atoms with Crippen LogP contribution in [0.1, 0.15) is 5.76 Å². The summed E-state index contributed by atoms with van der Waals surface area (Å²) in [6, 6.07) is 19.4. The first-order valence-electron chi connectivity index (χ1n) is 8.61. The molecule has 0 saturated heterocycles. The molecule has 5 aromatic rings. The van der Waals surface area contributed by atoms with Gasteiger partial charge in [0, 0.05) is 5.56 Å². The Bertz CT molecular complexity index is 1220. The van der Waals surface area contributed by atoms with E-state index in [1.807, 2.05) is 65.2 Å². The lowest BCUT2D eigenvalue weighted by molar-refractivity contribution is 0.415. The van der Waals surface area contributed by atoms with E-state index in [1.54, 1.807) is 13.4 Å². The van der Waals surface area contributed by atoms with Gasteiger partial charge < -0.3 is 9.15 Å². The van der Waals surface area contributed by atoms with E-state index in [0.717, 1.165) is 39.6 Å². The minimum Gasteiger partial charge on any atom is -0.497 e. The van der Waals surface area contributed by atoms with Gasteiger partial charge in [0.1, 0.15) is 17.3 Å². The van der Waals surface area contributed by atoms with Gasteiger partial charge in [-0.3, -0.25) is 4.57 Å². The Hall–Kier alpha value is -3.67. The van der Waals surface area contributed by atoms with E-state index in [1.165, 1.54) is 0 Å². The summed E-state index contributed by atoms with van der Waals surface area (Å²) in [6.45, 7) is 0.526. The monoisotopic (exact) mass is 356 g/mol. The third-order valence-corrected chi connectivity index (χ3v) is 4.50. The number of nitrogens with zero attached hydrogens (tertiary/aromatic N) is 4. The topological polar surface area (TPSA) is 66.0 Å². The Labute approximate surface area is 155 Å². The fraction of sp³-hybridized carbons (Fsp3) is 0.0952. The normalized spacial score (nSPS) is 11.3. The summed E-state index contributed by atoms with van der Waals surface area (Å²) >= 11 is 0. The fourth-order valence-corrected chi connectivity index (χ4v) is 3.17. The van der Waals surface area contributed by atoms with Crippen LogP contribution in [0, 0.1) is 0 Å². The highest BCUT2D eigenvalue weighted by atomic mass is 16.5. The lowest BCUT2D eigenvalue weighted by Crippen LogP contribution is -2.03. The molecule has 0 unspecified atom stereocenters. The van der Waals surface area contributed by atoms with Crippen molar-refractivity contribution in [3.63, 3.8) is 0 Å². The number of imidazole rings is 1. The quantitative estimate of drug-likeness (QED) is 0.480. The number of hydrogen-bond acceptors (Lipinski definition) is 5. The Kier molecular flexibility index (Phi) is 3.60. The van der Waals surface area contributed by atoms with Crippen molar-refractivity contribution in [2.75, 3.05) is 7.11 Å². The zero-order valence-electron chi connectivity index (χ0n) is 14.7. The minimum absolute atomic E-state index is 0.526. The van der Waals surface area contributed by atoms with Gasteiger partial charge in [0.05, 0.1) is 31.0 Å². The highest BCUT2D eigenvalue weighted by Gasteiger charge is 2.17. The molecule has 0 bridgehead atoms. The summed E-state index contributed by atoms with van der Waals surface area (Å²) in [4.78, 5) is 14.3. The Balaban J connectivity index is 1.75. The molecule has 0 fully saturated rings. The molecule has 0 aliphatic rings. The molecule has 27 heavy (non-hydrogen) atoms. The molecule has 0 aliphatic heterocycles. The smallest absolute Gasteiger partial charge is 0.198 e. The summed E-state index contributed by atoms with van der Waals surface area (Å²) in [7, 11) is 1.65. The number of fused-ring (bicyclic) bond motifs is 2. The van der Waals surface area contributed by atoms with E-state index >= 15 is 0 Å². The van der Waals surface area contributed by atoms with Gasteiger partial charge in [-0.25, -0.2) is 15.0 Å². The molecule has 0 radical (unpaired) electrons. The second-order valence-corrected chi connectivity index (χ2v) is 6.19. The summed E-state index contributed by atoms with van der Waals surface area (Å²) in [5.74, 6) is 2.42. The molecule has 132 valence electrons. The highest BCUT2D eigenvalue weighted by Crippen LogP contribution is 2.27. The van der Waals surface area contributed by atoms with Crippen LogP contribution in [0.15, 0.2) is 71.3 Å². The van der Waals surface area contributed by atoms with Gasteiger partial charge >= 0.3 is 0 Å². The van der Waals surface area contributed by atoms with Crippen molar-refractivity contribution in [1.82, 2.24) is 19.5 Å². The number of rotatable bonds is 4. The number of aromatic nitrogens is 4. The second-order valence-electron chi connectivity index (χ2n) is 6.19. The second kappa shape index (κ2) is 6.25. The summed E-state index contributed by atoms with van der Waals surface area (Å²) in [6.07, 6.45) is 1.67. The number of furan rings is 1. The molecule has 0 saturated carbocycles. The van der Waals surface area contributed by atoms with E-state index in [4.69, 9.17) is 24.1 Å². The van der Waals surface area contributed by atoms with E-state index in [-0.39, 0.29) is 0 Å². The molecule has 0 spiro atoms. The standard InChI is InChI=1S/C21H16N4O2/c1-26-15-10-8-14(9-11-15)20-24-19-21(25(20)13-16-5-4-12-27-16)23-18-7-3-2-6-17(18)22-19/h2-12H,13H2,1H3. The predicted molar refractivity (Wildman–Crippen MR) is 103 cm³/mol. The average Bonchev–Trinajstić information content (AvgIpc) is 3.35. The first kappa shape index (κ1) is 15.6. The molecular weight excluding hydrogens is 340 g/mol. The van der Waals surface area contributed by atoms with Gasteiger partial charge in [0.25, 0.3) is 0 Å². The molecule has 0 N–H and O–H groups in total. The Morgan fingerprint density at radius 3 is 2.37 bits per heavy atom. The van der Waals surface area contributed by atoms with Crippen molar-refractivity contribution in [3.05, 3.63) is 72.7 Å². The van der Waals surface area contributed by atoms with E-state index < -0.39 is 0 Å². The van der Waals surface area contributed by atoms with Crippen LogP contribution in [0.25, 0.3) is 33.7 Å². The third kappa shape index (κ3) is 2.71. The fourth-order valence-electron chi connectivity index (χ4n) is 3.17. The molecule has 0 aliphatic carbocycles. The first-order chi connectivity index (χ1) is 13.3. The largest absolute Gasteiger partial charge is 0.497 e. The Morgan fingerprint density at radius 2 is 1.67 bits per heavy atom. The number of benzene rings is 2. The number of methoxy groups -OCH3 is 1. The van der Waals surface area contributed by atoms with Crippen LogP contribution in [0.2, 0.25) is 0 Å². The van der Waals surface area contributed by atoms with Crippen LogP contribution in [0.5, 0.6) is 5.75 Å². The average molecular weight is 356 g/mol. The van der Waals surface area contributed by atoms with Gasteiger partial charge in [-0.05, 0) is 48.5 Å². The van der Waals surface area contributed by atoms with Crippen LogP contribution < -0.4 is 4.74 Å². The molecule has 0 amide bonds. The third-order valence-electron chi connectivity index (χ3n) is 4.50. The number of para-hydroxylation sites is 2. The predicted octanol–water partition coefficient (Wildman–Crippen LogP) is 4.30. The zero-order chi connectivity index (χ0) is 18.2. The van der Waals surface area contributed by atoms with Crippen molar-refractivity contribution in [2.24, 2.45) is 0 Å². The van der Waals surface area contributed by atoms with Gasteiger partial charge in [0.15, 0.2) is 11.3 Å². The molecule has 6 heteroatoms. The van der Waals surface area contributed by atoms with Crippen molar-refractivity contribution in [3.8, 4) is 17.1 Å². The molecule has 6 nitrogen and oxygen atoms in total. The van der Waals surface area contributed by atoms with Gasteiger partial charge in [0.2, 0.25) is 0 Å². The van der Waals surface area contributed by atoms with Crippen molar-refractivity contribution in [2.45, 2.75) is 6.54 Å². The first-order valence-corrected chi connectivity index (χ1v) is 8.61. The number of ether oxygens (including phenoxy) is 1. The molecule has 5 rings (SSSR count). The summed E-state index contributed by atoms with van der Waals surface area (Å²) < 4.78 is 12.9. The maximum absolute atomic E-state index is 5.55. The lowest BCUT2D eigenvalue weighted by Gasteiger charge is -2.08. The minimum atomic E-state index is 0.526.